The van der Waals surface area contributed by atoms with Gasteiger partial charge in [-0.05, 0) is 63.0 Å². The molecule has 1 aliphatic carbocycles. The van der Waals surface area contributed by atoms with Crippen molar-refractivity contribution in [2.24, 2.45) is 0 Å². The average Bonchev–Trinajstić information content (AvgIpc) is 2.64. The van der Waals surface area contributed by atoms with Gasteiger partial charge in [0.1, 0.15) is 5.75 Å². The summed E-state index contributed by atoms with van der Waals surface area (Å²) in [5, 5.41) is 0. The molecule has 2 fully saturated rings. The Hall–Kier alpha value is -1.22. The van der Waals surface area contributed by atoms with Crippen LogP contribution in [0.3, 0.4) is 0 Å². The highest BCUT2D eigenvalue weighted by molar-refractivity contribution is 5.50. The van der Waals surface area contributed by atoms with E-state index < -0.39 is 0 Å². The largest absolute Gasteiger partial charge is 0.497 e. The van der Waals surface area contributed by atoms with Gasteiger partial charge in [-0.2, -0.15) is 0 Å². The van der Waals surface area contributed by atoms with Gasteiger partial charge in [0.2, 0.25) is 0 Å². The standard InChI is InChI=1S/C20H32N2O/c1-23-20-12-10-19(11-13-20)22(18-8-4-2-5-9-18)17-16-21-14-6-3-7-15-21/h10-13,18H,2-9,14-17H2,1H3. The SMILES string of the molecule is COc1ccc(N(CCN2CCCCC2)C2CCCCC2)cc1. The van der Waals surface area contributed by atoms with E-state index in [4.69, 9.17) is 4.74 Å². The molecule has 128 valence electrons. The van der Waals surface area contributed by atoms with Crippen LogP contribution in [0.2, 0.25) is 0 Å². The van der Waals surface area contributed by atoms with Gasteiger partial charge in [-0.1, -0.05) is 25.7 Å². The molecule has 0 N–H and O–H groups in total. The number of nitrogens with zero attached hydrogens (tertiary/aromatic N) is 2. The predicted octanol–water partition coefficient (Wildman–Crippen LogP) is 4.32. The quantitative estimate of drug-likeness (QED) is 0.777. The molecule has 0 unspecified atom stereocenters. The Balaban J connectivity index is 1.66. The summed E-state index contributed by atoms with van der Waals surface area (Å²) in [6.45, 7) is 4.96. The molecule has 1 saturated heterocycles. The number of benzene rings is 1. The molecular formula is C20H32N2O. The summed E-state index contributed by atoms with van der Waals surface area (Å²) in [5.41, 5.74) is 1.37. The molecule has 1 heterocycles. The summed E-state index contributed by atoms with van der Waals surface area (Å²) in [6, 6.07) is 9.41. The molecule has 0 spiro atoms. The van der Waals surface area contributed by atoms with Crippen LogP contribution in [0.1, 0.15) is 51.4 Å². The van der Waals surface area contributed by atoms with E-state index in [-0.39, 0.29) is 0 Å². The molecule has 0 radical (unpaired) electrons. The van der Waals surface area contributed by atoms with Crippen LogP contribution < -0.4 is 9.64 Å². The molecule has 0 aromatic heterocycles. The van der Waals surface area contributed by atoms with Crippen LogP contribution in [0.25, 0.3) is 0 Å². The minimum absolute atomic E-state index is 0.724. The second-order valence-electron chi connectivity index (χ2n) is 7.09. The molecule has 1 aromatic carbocycles. The van der Waals surface area contributed by atoms with Crippen molar-refractivity contribution in [2.45, 2.75) is 57.4 Å². The minimum Gasteiger partial charge on any atom is -0.497 e. The highest BCUT2D eigenvalue weighted by Crippen LogP contribution is 2.28. The zero-order chi connectivity index (χ0) is 15.9. The number of piperidine rings is 1. The van der Waals surface area contributed by atoms with E-state index in [1.54, 1.807) is 7.11 Å². The van der Waals surface area contributed by atoms with E-state index in [0.717, 1.165) is 18.3 Å². The molecule has 2 aliphatic rings. The first-order valence-electron chi connectivity index (χ1n) is 9.50. The van der Waals surface area contributed by atoms with Gasteiger partial charge in [0.05, 0.1) is 7.11 Å². The second-order valence-corrected chi connectivity index (χ2v) is 7.09. The molecule has 1 saturated carbocycles. The Bertz CT molecular complexity index is 447. The van der Waals surface area contributed by atoms with E-state index in [0.29, 0.717) is 0 Å². The van der Waals surface area contributed by atoms with Crippen LogP contribution in [-0.4, -0.2) is 44.2 Å². The van der Waals surface area contributed by atoms with Gasteiger partial charge in [-0.15, -0.1) is 0 Å². The highest BCUT2D eigenvalue weighted by atomic mass is 16.5. The van der Waals surface area contributed by atoms with Crippen LogP contribution >= 0.6 is 0 Å². The third-order valence-electron chi connectivity index (χ3n) is 5.53. The number of rotatable bonds is 6. The fourth-order valence-corrected chi connectivity index (χ4v) is 4.12. The summed E-state index contributed by atoms with van der Waals surface area (Å²) in [5.74, 6) is 0.952. The molecule has 1 aromatic rings. The summed E-state index contributed by atoms with van der Waals surface area (Å²) < 4.78 is 5.32. The third kappa shape index (κ3) is 4.63. The Morgan fingerprint density at radius 1 is 0.957 bits per heavy atom. The lowest BCUT2D eigenvalue weighted by molar-refractivity contribution is 0.230. The van der Waals surface area contributed by atoms with Crippen LogP contribution in [0.15, 0.2) is 24.3 Å². The maximum absolute atomic E-state index is 5.32. The zero-order valence-corrected chi connectivity index (χ0v) is 14.7. The van der Waals surface area contributed by atoms with Crippen LogP contribution in [0.4, 0.5) is 5.69 Å². The Labute approximate surface area is 141 Å². The van der Waals surface area contributed by atoms with E-state index in [9.17, 15) is 0 Å². The van der Waals surface area contributed by atoms with Crippen LogP contribution in [-0.2, 0) is 0 Å². The Kier molecular flexibility index (Phi) is 6.21. The maximum atomic E-state index is 5.32. The summed E-state index contributed by atoms with van der Waals surface area (Å²) in [4.78, 5) is 5.33. The second kappa shape index (κ2) is 8.58. The van der Waals surface area contributed by atoms with E-state index in [1.807, 2.05) is 0 Å². The summed E-state index contributed by atoms with van der Waals surface area (Å²) >= 11 is 0. The van der Waals surface area contributed by atoms with Gasteiger partial charge in [0.25, 0.3) is 0 Å². The van der Waals surface area contributed by atoms with Crippen molar-refractivity contribution >= 4 is 5.69 Å². The van der Waals surface area contributed by atoms with E-state index in [1.165, 1.54) is 76.7 Å². The number of methoxy groups -OCH3 is 1. The Morgan fingerprint density at radius 2 is 1.61 bits per heavy atom. The lowest BCUT2D eigenvalue weighted by Gasteiger charge is -2.38. The van der Waals surface area contributed by atoms with E-state index in [2.05, 4.69) is 34.1 Å². The Morgan fingerprint density at radius 3 is 2.26 bits per heavy atom. The van der Waals surface area contributed by atoms with Gasteiger partial charge in [0, 0.05) is 24.8 Å². The number of likely N-dealkylation sites (tertiary alicyclic amines) is 1. The molecule has 3 nitrogen and oxygen atoms in total. The molecular weight excluding hydrogens is 284 g/mol. The normalized spacial score (nSPS) is 20.4. The van der Waals surface area contributed by atoms with Gasteiger partial charge in [-0.3, -0.25) is 0 Å². The highest BCUT2D eigenvalue weighted by Gasteiger charge is 2.22. The first-order chi connectivity index (χ1) is 11.4. The molecule has 0 bridgehead atoms. The van der Waals surface area contributed by atoms with Crippen molar-refractivity contribution in [1.82, 2.24) is 4.90 Å². The number of hydrogen-bond acceptors (Lipinski definition) is 3. The predicted molar refractivity (Wildman–Crippen MR) is 97.5 cm³/mol. The average molecular weight is 316 g/mol. The number of hydrogen-bond donors (Lipinski definition) is 0. The lowest BCUT2D eigenvalue weighted by atomic mass is 9.93. The summed E-state index contributed by atoms with van der Waals surface area (Å²) in [6.07, 6.45) is 11.1. The zero-order valence-electron chi connectivity index (χ0n) is 14.7. The number of ether oxygens (including phenoxy) is 1. The summed E-state index contributed by atoms with van der Waals surface area (Å²) in [7, 11) is 1.74. The molecule has 0 amide bonds. The fraction of sp³-hybridized carbons (Fsp3) is 0.700. The van der Waals surface area contributed by atoms with Gasteiger partial charge < -0.3 is 14.5 Å². The first kappa shape index (κ1) is 16.6. The number of anilines is 1. The molecule has 3 heteroatoms. The fourth-order valence-electron chi connectivity index (χ4n) is 4.12. The van der Waals surface area contributed by atoms with Crippen molar-refractivity contribution in [3.05, 3.63) is 24.3 Å². The van der Waals surface area contributed by atoms with Gasteiger partial charge >= 0.3 is 0 Å². The lowest BCUT2D eigenvalue weighted by Crippen LogP contribution is -2.43. The van der Waals surface area contributed by atoms with Crippen LogP contribution in [0, 0.1) is 0 Å². The van der Waals surface area contributed by atoms with E-state index >= 15 is 0 Å². The molecule has 0 atom stereocenters. The third-order valence-corrected chi connectivity index (χ3v) is 5.53. The molecule has 1 aliphatic heterocycles. The molecule has 3 rings (SSSR count). The maximum Gasteiger partial charge on any atom is 0.119 e. The van der Waals surface area contributed by atoms with Gasteiger partial charge in [-0.25, -0.2) is 0 Å². The van der Waals surface area contributed by atoms with Crippen molar-refractivity contribution in [2.75, 3.05) is 38.2 Å². The van der Waals surface area contributed by atoms with Crippen molar-refractivity contribution in [3.8, 4) is 5.75 Å². The minimum atomic E-state index is 0.724. The van der Waals surface area contributed by atoms with Crippen molar-refractivity contribution in [3.63, 3.8) is 0 Å². The smallest absolute Gasteiger partial charge is 0.119 e. The van der Waals surface area contributed by atoms with Gasteiger partial charge in [0.15, 0.2) is 0 Å². The van der Waals surface area contributed by atoms with Crippen LogP contribution in [0.5, 0.6) is 5.75 Å². The van der Waals surface area contributed by atoms with Crippen molar-refractivity contribution in [1.29, 1.82) is 0 Å². The first-order valence-corrected chi connectivity index (χ1v) is 9.50. The van der Waals surface area contributed by atoms with Crippen molar-refractivity contribution < 1.29 is 4.74 Å². The topological polar surface area (TPSA) is 15.7 Å². The molecule has 23 heavy (non-hydrogen) atoms. The monoisotopic (exact) mass is 316 g/mol.